The highest BCUT2D eigenvalue weighted by atomic mass is 35.5. The second-order valence-electron chi connectivity index (χ2n) is 4.17. The third kappa shape index (κ3) is 4.05. The molecule has 0 amide bonds. The van der Waals surface area contributed by atoms with Crippen LogP contribution in [0.4, 0.5) is 5.69 Å². The summed E-state index contributed by atoms with van der Waals surface area (Å²) in [6, 6.07) is 4.03. The van der Waals surface area contributed by atoms with Gasteiger partial charge in [0.25, 0.3) is 5.56 Å². The predicted octanol–water partition coefficient (Wildman–Crippen LogP) is 1.79. The van der Waals surface area contributed by atoms with Crippen LogP contribution in [-0.4, -0.2) is 29.4 Å². The van der Waals surface area contributed by atoms with Gasteiger partial charge in [-0.15, -0.1) is 11.3 Å². The number of hydrogen-bond acceptors (Lipinski definition) is 6. The summed E-state index contributed by atoms with van der Waals surface area (Å²) < 4.78 is 5.46. The Morgan fingerprint density at radius 3 is 3.05 bits per heavy atom. The van der Waals surface area contributed by atoms with Gasteiger partial charge in [-0.05, 0) is 17.9 Å². The zero-order chi connectivity index (χ0) is 15.2. The highest BCUT2D eigenvalue weighted by Gasteiger charge is 2.11. The number of thiophene rings is 1. The van der Waals surface area contributed by atoms with Crippen molar-refractivity contribution >= 4 is 34.6 Å². The van der Waals surface area contributed by atoms with Crippen molar-refractivity contribution in [2.45, 2.75) is 13.0 Å². The van der Waals surface area contributed by atoms with Gasteiger partial charge in [0.05, 0.1) is 19.0 Å². The van der Waals surface area contributed by atoms with Crippen LogP contribution in [0.2, 0.25) is 5.02 Å². The summed E-state index contributed by atoms with van der Waals surface area (Å²) in [7, 11) is 1.25. The summed E-state index contributed by atoms with van der Waals surface area (Å²) in [6.07, 6.45) is 2.26. The van der Waals surface area contributed by atoms with Gasteiger partial charge in [0.1, 0.15) is 11.6 Å². The van der Waals surface area contributed by atoms with Crippen LogP contribution in [0.25, 0.3) is 0 Å². The number of nitrogens with zero attached hydrogens (tertiary/aromatic N) is 2. The molecule has 0 aliphatic carbocycles. The number of rotatable bonds is 6. The first-order chi connectivity index (χ1) is 10.1. The molecule has 0 aliphatic rings. The quantitative estimate of drug-likeness (QED) is 0.819. The SMILES string of the molecule is COC(=O)Cn1ncc(NCCc2cccs2)c(Cl)c1=O. The molecule has 0 atom stereocenters. The van der Waals surface area contributed by atoms with E-state index in [1.54, 1.807) is 11.3 Å². The topological polar surface area (TPSA) is 73.2 Å². The molecule has 0 fully saturated rings. The number of carbonyl (C=O) groups is 1. The Balaban J connectivity index is 2.02. The number of halogens is 1. The minimum Gasteiger partial charge on any atom is -0.468 e. The fraction of sp³-hybridized carbons (Fsp3) is 0.308. The van der Waals surface area contributed by atoms with Crippen molar-refractivity contribution < 1.29 is 9.53 Å². The van der Waals surface area contributed by atoms with E-state index in [0.717, 1.165) is 11.1 Å². The Morgan fingerprint density at radius 1 is 1.57 bits per heavy atom. The number of carbonyl (C=O) groups excluding carboxylic acids is 1. The standard InChI is InChI=1S/C13H14ClN3O3S/c1-20-11(18)8-17-13(19)12(14)10(7-16-17)15-5-4-9-3-2-6-21-9/h2-3,6-7,15H,4-5,8H2,1H3. The predicted molar refractivity (Wildman–Crippen MR) is 82.0 cm³/mol. The van der Waals surface area contributed by atoms with E-state index in [4.69, 9.17) is 11.6 Å². The van der Waals surface area contributed by atoms with Crippen LogP contribution in [0.15, 0.2) is 28.5 Å². The summed E-state index contributed by atoms with van der Waals surface area (Å²) in [5.41, 5.74) is -0.0671. The molecule has 0 spiro atoms. The zero-order valence-electron chi connectivity index (χ0n) is 11.3. The third-order valence-electron chi connectivity index (χ3n) is 2.76. The monoisotopic (exact) mass is 327 g/mol. The third-order valence-corrected chi connectivity index (χ3v) is 4.06. The van der Waals surface area contributed by atoms with Crippen LogP contribution in [-0.2, 0) is 22.5 Å². The molecule has 1 N–H and O–H groups in total. The fourth-order valence-corrected chi connectivity index (χ4v) is 2.59. The van der Waals surface area contributed by atoms with Crippen LogP contribution < -0.4 is 10.9 Å². The minimum atomic E-state index is -0.556. The lowest BCUT2D eigenvalue weighted by Crippen LogP contribution is -2.28. The molecule has 2 aromatic heterocycles. The van der Waals surface area contributed by atoms with Gasteiger partial charge in [-0.1, -0.05) is 17.7 Å². The highest BCUT2D eigenvalue weighted by molar-refractivity contribution is 7.09. The second-order valence-corrected chi connectivity index (χ2v) is 5.58. The van der Waals surface area contributed by atoms with E-state index in [-0.39, 0.29) is 11.6 Å². The molecule has 6 nitrogen and oxygen atoms in total. The first-order valence-electron chi connectivity index (χ1n) is 6.20. The average Bonchev–Trinajstić information content (AvgIpc) is 2.99. The molecule has 112 valence electrons. The maximum absolute atomic E-state index is 12.0. The average molecular weight is 328 g/mol. The maximum atomic E-state index is 12.0. The molecular formula is C13H14ClN3O3S. The largest absolute Gasteiger partial charge is 0.468 e. The van der Waals surface area contributed by atoms with Gasteiger partial charge in [0, 0.05) is 11.4 Å². The van der Waals surface area contributed by atoms with E-state index < -0.39 is 11.5 Å². The summed E-state index contributed by atoms with van der Waals surface area (Å²) in [4.78, 5) is 24.4. The number of anilines is 1. The molecule has 0 radical (unpaired) electrons. The van der Waals surface area contributed by atoms with Crippen molar-refractivity contribution in [3.05, 3.63) is 44.0 Å². The van der Waals surface area contributed by atoms with Gasteiger partial charge in [-0.25, -0.2) is 4.68 Å². The summed E-state index contributed by atoms with van der Waals surface area (Å²) in [6.45, 7) is 0.382. The Hall–Kier alpha value is -1.86. The first-order valence-corrected chi connectivity index (χ1v) is 7.46. The lowest BCUT2D eigenvalue weighted by atomic mass is 10.3. The van der Waals surface area contributed by atoms with Crippen molar-refractivity contribution in [1.82, 2.24) is 9.78 Å². The Kier molecular flexibility index (Phi) is 5.35. The molecule has 2 aromatic rings. The number of esters is 1. The fourth-order valence-electron chi connectivity index (χ4n) is 1.66. The second kappa shape index (κ2) is 7.24. The van der Waals surface area contributed by atoms with Crippen LogP contribution in [0, 0.1) is 0 Å². The number of ether oxygens (including phenoxy) is 1. The highest BCUT2D eigenvalue weighted by Crippen LogP contribution is 2.16. The van der Waals surface area contributed by atoms with Gasteiger partial charge in [-0.3, -0.25) is 9.59 Å². The number of hydrogen-bond donors (Lipinski definition) is 1. The number of methoxy groups -OCH3 is 1. The Bertz CT molecular complexity index is 670. The molecule has 2 heterocycles. The maximum Gasteiger partial charge on any atom is 0.327 e. The molecular weight excluding hydrogens is 314 g/mol. The Labute approximate surface area is 130 Å². The minimum absolute atomic E-state index is 0.0140. The molecule has 0 unspecified atom stereocenters. The van der Waals surface area contributed by atoms with Crippen molar-refractivity contribution in [2.75, 3.05) is 19.0 Å². The van der Waals surface area contributed by atoms with Crippen LogP contribution in [0.5, 0.6) is 0 Å². The van der Waals surface area contributed by atoms with Crippen LogP contribution >= 0.6 is 22.9 Å². The van der Waals surface area contributed by atoms with E-state index in [1.165, 1.54) is 18.2 Å². The van der Waals surface area contributed by atoms with Gasteiger partial charge >= 0.3 is 5.97 Å². The van der Waals surface area contributed by atoms with Gasteiger partial charge < -0.3 is 10.1 Å². The van der Waals surface area contributed by atoms with E-state index in [2.05, 4.69) is 15.2 Å². The van der Waals surface area contributed by atoms with E-state index in [9.17, 15) is 9.59 Å². The number of aromatic nitrogens is 2. The van der Waals surface area contributed by atoms with Gasteiger partial charge in [-0.2, -0.15) is 5.10 Å². The zero-order valence-corrected chi connectivity index (χ0v) is 12.9. The lowest BCUT2D eigenvalue weighted by molar-refractivity contribution is -0.141. The van der Waals surface area contributed by atoms with Crippen molar-refractivity contribution in [3.8, 4) is 0 Å². The van der Waals surface area contributed by atoms with Crippen molar-refractivity contribution in [2.24, 2.45) is 0 Å². The molecule has 0 aromatic carbocycles. The van der Waals surface area contributed by atoms with Crippen LogP contribution in [0.3, 0.4) is 0 Å². The molecule has 0 aliphatic heterocycles. The summed E-state index contributed by atoms with van der Waals surface area (Å²) >= 11 is 7.67. The molecule has 2 rings (SSSR count). The molecule has 8 heteroatoms. The van der Waals surface area contributed by atoms with Crippen molar-refractivity contribution in [3.63, 3.8) is 0 Å². The van der Waals surface area contributed by atoms with Crippen molar-refractivity contribution in [1.29, 1.82) is 0 Å². The van der Waals surface area contributed by atoms with E-state index in [1.807, 2.05) is 17.5 Å². The number of nitrogens with one attached hydrogen (secondary N) is 1. The molecule has 0 saturated carbocycles. The first kappa shape index (κ1) is 15.5. The van der Waals surface area contributed by atoms with E-state index in [0.29, 0.717) is 12.2 Å². The van der Waals surface area contributed by atoms with E-state index >= 15 is 0 Å². The van der Waals surface area contributed by atoms with Crippen LogP contribution in [0.1, 0.15) is 4.88 Å². The van der Waals surface area contributed by atoms with Gasteiger partial charge in [0.15, 0.2) is 0 Å². The smallest absolute Gasteiger partial charge is 0.327 e. The lowest BCUT2D eigenvalue weighted by Gasteiger charge is -2.09. The molecule has 0 bridgehead atoms. The molecule has 0 saturated heterocycles. The summed E-state index contributed by atoms with van der Waals surface area (Å²) in [5.74, 6) is -0.556. The summed E-state index contributed by atoms with van der Waals surface area (Å²) in [5, 5.41) is 9.00. The normalized spacial score (nSPS) is 10.4. The Morgan fingerprint density at radius 2 is 2.38 bits per heavy atom. The van der Waals surface area contributed by atoms with Gasteiger partial charge in [0.2, 0.25) is 0 Å². The molecule has 21 heavy (non-hydrogen) atoms.